The third-order valence-electron chi connectivity index (χ3n) is 3.81. The molecular formula is C15H26N4O. The summed E-state index contributed by atoms with van der Waals surface area (Å²) >= 11 is 0. The molecule has 0 saturated heterocycles. The number of hydrogen-bond acceptors (Lipinski definition) is 5. The third kappa shape index (κ3) is 3.82. The zero-order chi connectivity index (χ0) is 14.7. The van der Waals surface area contributed by atoms with Gasteiger partial charge in [-0.2, -0.15) is 4.98 Å². The van der Waals surface area contributed by atoms with E-state index in [4.69, 9.17) is 10.6 Å². The summed E-state index contributed by atoms with van der Waals surface area (Å²) in [6.07, 6.45) is 3.72. The monoisotopic (exact) mass is 278 g/mol. The predicted octanol–water partition coefficient (Wildman–Crippen LogP) is 3.09. The van der Waals surface area contributed by atoms with E-state index in [0.717, 1.165) is 18.7 Å². The number of nitrogens with one attached hydrogen (secondary N) is 1. The van der Waals surface area contributed by atoms with Gasteiger partial charge in [-0.25, -0.2) is 10.8 Å². The quantitative estimate of drug-likeness (QED) is 0.654. The van der Waals surface area contributed by atoms with Crippen molar-refractivity contribution in [2.75, 3.05) is 5.43 Å². The van der Waals surface area contributed by atoms with Crippen LogP contribution in [0.2, 0.25) is 0 Å². The molecule has 3 N–H and O–H groups in total. The van der Waals surface area contributed by atoms with Crippen LogP contribution in [0.3, 0.4) is 0 Å². The Hall–Kier alpha value is -1.36. The van der Waals surface area contributed by atoms with Crippen LogP contribution < -0.4 is 16.0 Å². The molecule has 1 aromatic heterocycles. The Morgan fingerprint density at radius 3 is 2.40 bits per heavy atom. The van der Waals surface area contributed by atoms with Crippen molar-refractivity contribution >= 4 is 5.82 Å². The minimum atomic E-state index is 0.245. The topological polar surface area (TPSA) is 73.1 Å². The normalized spacial score (nSPS) is 26.6. The second-order valence-electron chi connectivity index (χ2n) is 6.41. The molecule has 0 aromatic carbocycles. The van der Waals surface area contributed by atoms with E-state index in [1.807, 2.05) is 0 Å². The fourth-order valence-electron chi connectivity index (χ4n) is 2.98. The van der Waals surface area contributed by atoms with Crippen molar-refractivity contribution in [1.29, 1.82) is 0 Å². The molecule has 1 aliphatic rings. The van der Waals surface area contributed by atoms with Gasteiger partial charge in [0, 0.05) is 12.0 Å². The molecule has 5 nitrogen and oxygen atoms in total. The van der Waals surface area contributed by atoms with Crippen molar-refractivity contribution in [1.82, 2.24) is 9.97 Å². The lowest BCUT2D eigenvalue weighted by Crippen LogP contribution is -2.29. The number of hydrogen-bond donors (Lipinski definition) is 2. The van der Waals surface area contributed by atoms with E-state index in [0.29, 0.717) is 23.5 Å². The van der Waals surface area contributed by atoms with Crippen LogP contribution in [0.1, 0.15) is 58.7 Å². The summed E-state index contributed by atoms with van der Waals surface area (Å²) in [4.78, 5) is 8.84. The third-order valence-corrected chi connectivity index (χ3v) is 3.81. The van der Waals surface area contributed by atoms with Crippen molar-refractivity contribution < 1.29 is 4.74 Å². The van der Waals surface area contributed by atoms with Crippen LogP contribution in [0.5, 0.6) is 5.88 Å². The van der Waals surface area contributed by atoms with Crippen LogP contribution in [0, 0.1) is 11.8 Å². The molecular weight excluding hydrogens is 252 g/mol. The van der Waals surface area contributed by atoms with Crippen LogP contribution in [-0.2, 0) is 0 Å². The van der Waals surface area contributed by atoms with E-state index in [2.05, 4.69) is 43.1 Å². The maximum absolute atomic E-state index is 6.08. The molecule has 1 saturated carbocycles. The molecule has 2 atom stereocenters. The van der Waals surface area contributed by atoms with Gasteiger partial charge in [-0.1, -0.05) is 27.7 Å². The zero-order valence-corrected chi connectivity index (χ0v) is 12.9. The molecule has 0 bridgehead atoms. The Balaban J connectivity index is 2.13. The molecule has 1 aliphatic carbocycles. The van der Waals surface area contributed by atoms with Crippen molar-refractivity contribution in [3.05, 3.63) is 11.9 Å². The van der Waals surface area contributed by atoms with Gasteiger partial charge in [0.25, 0.3) is 0 Å². The molecule has 1 aromatic rings. The molecule has 1 heterocycles. The van der Waals surface area contributed by atoms with E-state index in [-0.39, 0.29) is 12.0 Å². The average molecular weight is 278 g/mol. The smallest absolute Gasteiger partial charge is 0.219 e. The Bertz CT molecular complexity index is 439. The standard InChI is InChI=1S/C15H26N4O/c1-9(2)15-17-13(19-16)8-14(18-15)20-12-6-10(3)5-11(4)7-12/h8-12H,5-7,16H2,1-4H3,(H,17,18,19). The second-order valence-corrected chi connectivity index (χ2v) is 6.41. The Morgan fingerprint density at radius 1 is 1.20 bits per heavy atom. The molecule has 112 valence electrons. The number of nitrogens with zero attached hydrogens (tertiary/aromatic N) is 2. The van der Waals surface area contributed by atoms with Crippen LogP contribution in [0.15, 0.2) is 6.07 Å². The van der Waals surface area contributed by atoms with E-state index in [1.54, 1.807) is 6.07 Å². The SMILES string of the molecule is CC1CC(C)CC(Oc2cc(NN)nc(C(C)C)n2)C1. The summed E-state index contributed by atoms with van der Waals surface area (Å²) in [7, 11) is 0. The Kier molecular flexibility index (Phi) is 4.81. The summed E-state index contributed by atoms with van der Waals surface area (Å²) in [5.41, 5.74) is 2.59. The van der Waals surface area contributed by atoms with Crippen LogP contribution in [0.25, 0.3) is 0 Å². The summed E-state index contributed by atoms with van der Waals surface area (Å²) in [6, 6.07) is 1.77. The molecule has 20 heavy (non-hydrogen) atoms. The van der Waals surface area contributed by atoms with Gasteiger partial charge in [0.1, 0.15) is 17.7 Å². The van der Waals surface area contributed by atoms with Crippen LogP contribution in [-0.4, -0.2) is 16.1 Å². The van der Waals surface area contributed by atoms with Gasteiger partial charge in [-0.3, -0.25) is 0 Å². The molecule has 5 heteroatoms. The zero-order valence-electron chi connectivity index (χ0n) is 12.9. The minimum Gasteiger partial charge on any atom is -0.474 e. The Morgan fingerprint density at radius 2 is 1.85 bits per heavy atom. The van der Waals surface area contributed by atoms with Gasteiger partial charge in [0.2, 0.25) is 5.88 Å². The number of rotatable bonds is 4. The van der Waals surface area contributed by atoms with Crippen LogP contribution >= 0.6 is 0 Å². The van der Waals surface area contributed by atoms with Crippen molar-refractivity contribution in [2.45, 2.75) is 59.0 Å². The number of hydrazine groups is 1. The highest BCUT2D eigenvalue weighted by molar-refractivity contribution is 5.37. The van der Waals surface area contributed by atoms with Gasteiger partial charge >= 0.3 is 0 Å². The van der Waals surface area contributed by atoms with Crippen molar-refractivity contribution in [3.8, 4) is 5.88 Å². The lowest BCUT2D eigenvalue weighted by Gasteiger charge is -2.31. The highest BCUT2D eigenvalue weighted by Gasteiger charge is 2.25. The van der Waals surface area contributed by atoms with E-state index in [1.165, 1.54) is 6.42 Å². The minimum absolute atomic E-state index is 0.245. The number of aromatic nitrogens is 2. The number of nitrogens with two attached hydrogens (primary N) is 1. The molecule has 2 rings (SSSR count). The molecule has 2 unspecified atom stereocenters. The van der Waals surface area contributed by atoms with Gasteiger partial charge in [-0.15, -0.1) is 0 Å². The summed E-state index contributed by atoms with van der Waals surface area (Å²) < 4.78 is 6.08. The van der Waals surface area contributed by atoms with Crippen molar-refractivity contribution in [3.63, 3.8) is 0 Å². The number of anilines is 1. The van der Waals surface area contributed by atoms with Crippen LogP contribution in [0.4, 0.5) is 5.82 Å². The predicted molar refractivity (Wildman–Crippen MR) is 80.5 cm³/mol. The van der Waals surface area contributed by atoms with E-state index in [9.17, 15) is 0 Å². The second kappa shape index (κ2) is 6.39. The molecule has 0 aliphatic heterocycles. The molecule has 1 fully saturated rings. The van der Waals surface area contributed by atoms with Gasteiger partial charge in [0.15, 0.2) is 0 Å². The molecule has 0 radical (unpaired) electrons. The lowest BCUT2D eigenvalue weighted by atomic mass is 9.82. The van der Waals surface area contributed by atoms with E-state index >= 15 is 0 Å². The van der Waals surface area contributed by atoms with Gasteiger partial charge < -0.3 is 10.2 Å². The first kappa shape index (κ1) is 15.0. The maximum Gasteiger partial charge on any atom is 0.219 e. The average Bonchev–Trinajstić information content (AvgIpc) is 2.36. The summed E-state index contributed by atoms with van der Waals surface area (Å²) in [5, 5.41) is 0. The first-order valence-corrected chi connectivity index (χ1v) is 7.50. The lowest BCUT2D eigenvalue weighted by molar-refractivity contribution is 0.0963. The van der Waals surface area contributed by atoms with E-state index < -0.39 is 0 Å². The van der Waals surface area contributed by atoms with Gasteiger partial charge in [-0.05, 0) is 31.1 Å². The number of nitrogen functional groups attached to an aromatic ring is 1. The number of ether oxygens (including phenoxy) is 1. The highest BCUT2D eigenvalue weighted by Crippen LogP contribution is 2.31. The summed E-state index contributed by atoms with van der Waals surface area (Å²) in [6.45, 7) is 8.70. The highest BCUT2D eigenvalue weighted by atomic mass is 16.5. The largest absolute Gasteiger partial charge is 0.474 e. The summed E-state index contributed by atoms with van der Waals surface area (Å²) in [5.74, 6) is 9.13. The Labute approximate surface area is 121 Å². The fraction of sp³-hybridized carbons (Fsp3) is 0.733. The first-order chi connectivity index (χ1) is 9.47. The maximum atomic E-state index is 6.08. The molecule has 0 spiro atoms. The fourth-order valence-corrected chi connectivity index (χ4v) is 2.98. The van der Waals surface area contributed by atoms with Gasteiger partial charge in [0.05, 0.1) is 0 Å². The van der Waals surface area contributed by atoms with Crippen molar-refractivity contribution in [2.24, 2.45) is 17.7 Å². The first-order valence-electron chi connectivity index (χ1n) is 7.50. The molecule has 0 amide bonds.